The lowest BCUT2D eigenvalue weighted by Gasteiger charge is -2.11. The van der Waals surface area contributed by atoms with Gasteiger partial charge in [0.25, 0.3) is 0 Å². The number of imidazole rings is 1. The third kappa shape index (κ3) is 3.38. The minimum atomic E-state index is -0.619. The molecule has 8 heteroatoms. The van der Waals surface area contributed by atoms with Crippen molar-refractivity contribution in [1.82, 2.24) is 9.55 Å². The van der Waals surface area contributed by atoms with E-state index in [0.29, 0.717) is 26.7 Å². The molecule has 0 aliphatic carbocycles. The smallest absolute Gasteiger partial charge is 0.359 e. The Balaban J connectivity index is 1.97. The Kier molecular flexibility index (Phi) is 4.84. The summed E-state index contributed by atoms with van der Waals surface area (Å²) in [5.41, 5.74) is 1.70. The zero-order valence-electron chi connectivity index (χ0n) is 15.7. The average molecular weight is 414 g/mol. The summed E-state index contributed by atoms with van der Waals surface area (Å²) in [6.07, 6.45) is 1.12. The predicted molar refractivity (Wildman–Crippen MR) is 106 cm³/mol. The number of fused-ring (bicyclic) bond motifs is 3. The zero-order chi connectivity index (χ0) is 20.7. The molecule has 0 amide bonds. The van der Waals surface area contributed by atoms with E-state index in [0.717, 1.165) is 0 Å². The molecule has 0 fully saturated rings. The maximum absolute atomic E-state index is 14.6. The summed E-state index contributed by atoms with van der Waals surface area (Å²) in [7, 11) is 0. The number of ether oxygens (including phenoxy) is 1. The Hall–Kier alpha value is -3.19. The monoisotopic (exact) mass is 413 g/mol. The summed E-state index contributed by atoms with van der Waals surface area (Å²) < 4.78 is 22.1. The van der Waals surface area contributed by atoms with Crippen LogP contribution in [0.4, 0.5) is 4.39 Å². The molecule has 0 saturated carbocycles. The van der Waals surface area contributed by atoms with Gasteiger partial charge >= 0.3 is 5.97 Å². The topological polar surface area (TPSA) is 70.2 Å². The molecule has 0 spiro atoms. The zero-order valence-corrected chi connectivity index (χ0v) is 16.5. The van der Waals surface area contributed by atoms with Gasteiger partial charge in [0.05, 0.1) is 22.9 Å². The van der Waals surface area contributed by atoms with Crippen LogP contribution in [-0.4, -0.2) is 32.1 Å². The first-order valence-electron chi connectivity index (χ1n) is 9.01. The van der Waals surface area contributed by atoms with Crippen molar-refractivity contribution in [3.8, 4) is 5.69 Å². The number of aromatic nitrogens is 2. The molecule has 0 saturated heterocycles. The molecule has 1 aliphatic heterocycles. The first-order chi connectivity index (χ1) is 13.9. The van der Waals surface area contributed by atoms with Crippen molar-refractivity contribution < 1.29 is 18.7 Å². The number of carbonyl (C=O) groups excluding carboxylic acids is 1. The van der Waals surface area contributed by atoms with Gasteiger partial charge in [0.15, 0.2) is 12.2 Å². The minimum Gasteiger partial charge on any atom is -0.623 e. The Morgan fingerprint density at radius 1 is 1.28 bits per heavy atom. The van der Waals surface area contributed by atoms with Crippen LogP contribution in [0.15, 0.2) is 48.8 Å². The highest BCUT2D eigenvalue weighted by molar-refractivity contribution is 6.31. The van der Waals surface area contributed by atoms with Gasteiger partial charge in [-0.15, -0.1) is 0 Å². The van der Waals surface area contributed by atoms with Crippen molar-refractivity contribution in [2.45, 2.75) is 26.5 Å². The fourth-order valence-electron chi connectivity index (χ4n) is 3.36. The van der Waals surface area contributed by atoms with E-state index >= 15 is 0 Å². The van der Waals surface area contributed by atoms with E-state index in [4.69, 9.17) is 16.3 Å². The van der Waals surface area contributed by atoms with Crippen molar-refractivity contribution in [3.05, 3.63) is 87.4 Å². The van der Waals surface area contributed by atoms with E-state index in [1.54, 1.807) is 48.7 Å². The largest absolute Gasteiger partial charge is 0.623 e. The molecule has 1 aliphatic rings. The first kappa shape index (κ1) is 19.1. The number of benzene rings is 2. The minimum absolute atomic E-state index is 0.0511. The van der Waals surface area contributed by atoms with Crippen LogP contribution >= 0.6 is 11.6 Å². The molecule has 0 radical (unpaired) electrons. The highest BCUT2D eigenvalue weighted by Crippen LogP contribution is 2.29. The molecule has 0 unspecified atom stereocenters. The summed E-state index contributed by atoms with van der Waals surface area (Å²) in [6.45, 7) is 3.25. The van der Waals surface area contributed by atoms with Crippen LogP contribution in [-0.2, 0) is 11.3 Å². The van der Waals surface area contributed by atoms with Crippen molar-refractivity contribution in [1.29, 1.82) is 0 Å². The molecule has 148 valence electrons. The molecule has 2 heterocycles. The highest BCUT2D eigenvalue weighted by atomic mass is 35.5. The van der Waals surface area contributed by atoms with Gasteiger partial charge in [0, 0.05) is 5.02 Å². The van der Waals surface area contributed by atoms with Gasteiger partial charge in [0.2, 0.25) is 5.71 Å². The summed E-state index contributed by atoms with van der Waals surface area (Å²) in [5.74, 6) is -1.15. The van der Waals surface area contributed by atoms with Gasteiger partial charge in [-0.1, -0.05) is 23.7 Å². The van der Waals surface area contributed by atoms with Crippen LogP contribution in [0.2, 0.25) is 5.02 Å². The number of halogens is 2. The summed E-state index contributed by atoms with van der Waals surface area (Å²) in [4.78, 5) is 16.6. The number of hydrogen-bond donors (Lipinski definition) is 0. The highest BCUT2D eigenvalue weighted by Gasteiger charge is 2.32. The first-order valence-corrected chi connectivity index (χ1v) is 9.38. The Morgan fingerprint density at radius 2 is 2.03 bits per heavy atom. The van der Waals surface area contributed by atoms with Crippen molar-refractivity contribution >= 4 is 23.3 Å². The number of esters is 1. The molecule has 0 N–H and O–H groups in total. The second-order valence-electron chi connectivity index (χ2n) is 6.89. The van der Waals surface area contributed by atoms with Gasteiger partial charge in [-0.3, -0.25) is 4.57 Å². The Bertz CT molecular complexity index is 1150. The van der Waals surface area contributed by atoms with Crippen LogP contribution < -0.4 is 0 Å². The third-order valence-electron chi connectivity index (χ3n) is 4.55. The Morgan fingerprint density at radius 3 is 2.76 bits per heavy atom. The van der Waals surface area contributed by atoms with Crippen molar-refractivity contribution in [2.24, 2.45) is 0 Å². The number of rotatable bonds is 3. The molecule has 0 bridgehead atoms. The number of hydrogen-bond acceptors (Lipinski definition) is 4. The lowest BCUT2D eigenvalue weighted by Crippen LogP contribution is -2.20. The van der Waals surface area contributed by atoms with Crippen LogP contribution in [0.5, 0.6) is 0 Å². The van der Waals surface area contributed by atoms with E-state index in [-0.39, 0.29) is 29.6 Å². The van der Waals surface area contributed by atoms with Gasteiger partial charge in [-0.25, -0.2) is 14.2 Å². The fraction of sp³-hybridized carbons (Fsp3) is 0.190. The van der Waals surface area contributed by atoms with Crippen LogP contribution in [0.25, 0.3) is 5.69 Å². The molecule has 29 heavy (non-hydrogen) atoms. The second-order valence-corrected chi connectivity index (χ2v) is 7.33. The molecular formula is C21H17ClFN3O3. The third-order valence-corrected chi connectivity index (χ3v) is 4.78. The van der Waals surface area contributed by atoms with E-state index in [1.165, 1.54) is 18.5 Å². The summed E-state index contributed by atoms with van der Waals surface area (Å²) >= 11 is 6.18. The molecule has 4 rings (SSSR count). The molecule has 1 aromatic heterocycles. The van der Waals surface area contributed by atoms with Gasteiger partial charge in [-0.2, -0.15) is 4.74 Å². The molecule has 6 nitrogen and oxygen atoms in total. The molecule has 2 aromatic carbocycles. The lowest BCUT2D eigenvalue weighted by atomic mass is 10.00. The van der Waals surface area contributed by atoms with Gasteiger partial charge in [-0.05, 0) is 44.2 Å². The van der Waals surface area contributed by atoms with E-state index < -0.39 is 11.8 Å². The van der Waals surface area contributed by atoms with Crippen molar-refractivity contribution in [2.75, 3.05) is 0 Å². The maximum atomic E-state index is 14.6. The molecule has 0 atom stereocenters. The van der Waals surface area contributed by atoms with Crippen LogP contribution in [0.3, 0.4) is 0 Å². The van der Waals surface area contributed by atoms with E-state index in [1.807, 2.05) is 0 Å². The average Bonchev–Trinajstić information content (AvgIpc) is 3.02. The van der Waals surface area contributed by atoms with Crippen molar-refractivity contribution in [3.63, 3.8) is 0 Å². The summed E-state index contributed by atoms with van der Waals surface area (Å²) in [6, 6.07) is 11.0. The Labute approximate surface area is 171 Å². The SMILES string of the molecule is CC(C)OC(=O)c1ncn2c1C[N+]([O-])=C(c1ccccc1F)c1cc(Cl)ccc1-2. The molecule has 3 aromatic rings. The predicted octanol–water partition coefficient (Wildman–Crippen LogP) is 4.09. The lowest BCUT2D eigenvalue weighted by molar-refractivity contribution is -0.474. The van der Waals surface area contributed by atoms with Crippen LogP contribution in [0.1, 0.15) is 41.2 Å². The summed E-state index contributed by atoms with van der Waals surface area (Å²) in [5, 5.41) is 13.6. The second kappa shape index (κ2) is 7.33. The standard InChI is InChI=1S/C21H17ClFN3O3/c1-12(2)29-21(27)19-18-10-26(28)20(14-5-3-4-6-16(14)23)15-9-13(22)7-8-17(15)25(18)11-24-19/h3-9,11-12H,10H2,1-2H3. The number of carbonyl (C=O) groups is 1. The quantitative estimate of drug-likeness (QED) is 0.368. The fourth-order valence-corrected chi connectivity index (χ4v) is 3.54. The van der Waals surface area contributed by atoms with Gasteiger partial charge < -0.3 is 9.94 Å². The normalized spacial score (nSPS) is 13.1. The number of hydroxylamine groups is 1. The van der Waals surface area contributed by atoms with E-state index in [2.05, 4.69) is 4.98 Å². The van der Waals surface area contributed by atoms with E-state index in [9.17, 15) is 14.4 Å². The number of nitrogens with zero attached hydrogens (tertiary/aromatic N) is 3. The maximum Gasteiger partial charge on any atom is 0.359 e. The molecular weight excluding hydrogens is 397 g/mol. The van der Waals surface area contributed by atoms with Crippen LogP contribution in [0, 0.1) is 11.0 Å². The van der Waals surface area contributed by atoms with Gasteiger partial charge in [0.1, 0.15) is 17.8 Å².